The summed E-state index contributed by atoms with van der Waals surface area (Å²) in [5.74, 6) is -3.37. The topological polar surface area (TPSA) is 76.6 Å². The lowest BCUT2D eigenvalue weighted by atomic mass is 10.3. The maximum atomic E-state index is 13.4. The second kappa shape index (κ2) is 4.81. The molecule has 0 atom stereocenters. The second-order valence-corrected chi connectivity index (χ2v) is 4.36. The van der Waals surface area contributed by atoms with Crippen molar-refractivity contribution in [3.63, 3.8) is 0 Å². The van der Waals surface area contributed by atoms with E-state index in [-0.39, 0.29) is 12.8 Å². The Kier molecular flexibility index (Phi) is 3.37. The minimum absolute atomic E-state index is 0.0254. The first-order valence-electron chi connectivity index (χ1n) is 4.88. The molecule has 0 aliphatic carbocycles. The van der Waals surface area contributed by atoms with Gasteiger partial charge in [-0.2, -0.15) is 0 Å². The smallest absolute Gasteiger partial charge is 0.323 e. The third-order valence-electron chi connectivity index (χ3n) is 2.18. The van der Waals surface area contributed by atoms with Gasteiger partial charge in [0.2, 0.25) is 0 Å². The fraction of sp³-hybridized carbons (Fsp3) is 0.200. The molecule has 0 saturated carbocycles. The third-order valence-corrected chi connectivity index (χ3v) is 2.61. The molecule has 0 unspecified atom stereocenters. The van der Waals surface area contributed by atoms with Crippen LogP contribution in [0.1, 0.15) is 23.3 Å². The van der Waals surface area contributed by atoms with Crippen LogP contribution in [0.3, 0.4) is 0 Å². The van der Waals surface area contributed by atoms with Crippen molar-refractivity contribution >= 4 is 33.7 Å². The molecule has 0 spiro atoms. The van der Waals surface area contributed by atoms with Crippen molar-refractivity contribution in [2.75, 3.05) is 0 Å². The molecular formula is C10H6BrFN2O4. The molecule has 0 bridgehead atoms. The quantitative estimate of drug-likeness (QED) is 0.766. The number of amides is 2. The van der Waals surface area contributed by atoms with Gasteiger partial charge in [-0.05, 0) is 22.0 Å². The van der Waals surface area contributed by atoms with Gasteiger partial charge in [-0.3, -0.25) is 9.59 Å². The van der Waals surface area contributed by atoms with Crippen LogP contribution < -0.4 is 0 Å². The lowest BCUT2D eigenvalue weighted by molar-refractivity contribution is -0.172. The van der Waals surface area contributed by atoms with Crippen LogP contribution >= 0.6 is 15.9 Å². The van der Waals surface area contributed by atoms with Crippen molar-refractivity contribution in [2.24, 2.45) is 0 Å². The summed E-state index contributed by atoms with van der Waals surface area (Å²) in [7, 11) is 0. The number of carbonyl (C=O) groups excluding carboxylic acids is 3. The van der Waals surface area contributed by atoms with Crippen molar-refractivity contribution in [2.45, 2.75) is 12.8 Å². The van der Waals surface area contributed by atoms with Crippen LogP contribution in [0, 0.1) is 5.82 Å². The van der Waals surface area contributed by atoms with E-state index in [0.29, 0.717) is 9.54 Å². The van der Waals surface area contributed by atoms with Gasteiger partial charge in [0.25, 0.3) is 11.8 Å². The summed E-state index contributed by atoms with van der Waals surface area (Å²) in [5.41, 5.74) is -0.592. The molecule has 1 fully saturated rings. The number of pyridine rings is 1. The van der Waals surface area contributed by atoms with Gasteiger partial charge in [0.1, 0.15) is 0 Å². The number of hydrogen-bond acceptors (Lipinski definition) is 5. The molecule has 2 heterocycles. The molecule has 0 N–H and O–H groups in total. The predicted molar refractivity (Wildman–Crippen MR) is 58.4 cm³/mol. The molecule has 1 aliphatic heterocycles. The zero-order chi connectivity index (χ0) is 13.3. The minimum Gasteiger partial charge on any atom is -0.323 e. The van der Waals surface area contributed by atoms with Crippen LogP contribution in [0.25, 0.3) is 0 Å². The van der Waals surface area contributed by atoms with Gasteiger partial charge in [-0.1, -0.05) is 0 Å². The molecule has 1 aromatic heterocycles. The third kappa shape index (κ3) is 2.37. The van der Waals surface area contributed by atoms with E-state index in [1.165, 1.54) is 6.20 Å². The van der Waals surface area contributed by atoms with E-state index in [1.807, 2.05) is 0 Å². The van der Waals surface area contributed by atoms with Gasteiger partial charge in [0.15, 0.2) is 11.5 Å². The van der Waals surface area contributed by atoms with Gasteiger partial charge >= 0.3 is 5.97 Å². The zero-order valence-electron chi connectivity index (χ0n) is 8.85. The Morgan fingerprint density at radius 3 is 2.56 bits per heavy atom. The van der Waals surface area contributed by atoms with Crippen LogP contribution in [0.5, 0.6) is 0 Å². The van der Waals surface area contributed by atoms with Gasteiger partial charge < -0.3 is 4.84 Å². The summed E-state index contributed by atoms with van der Waals surface area (Å²) >= 11 is 2.98. The molecule has 2 rings (SSSR count). The monoisotopic (exact) mass is 316 g/mol. The maximum Gasteiger partial charge on any atom is 0.385 e. The largest absolute Gasteiger partial charge is 0.385 e. The summed E-state index contributed by atoms with van der Waals surface area (Å²) in [6.45, 7) is 0. The molecular weight excluding hydrogens is 311 g/mol. The summed E-state index contributed by atoms with van der Waals surface area (Å²) in [6.07, 6.45) is 1.15. The first-order chi connectivity index (χ1) is 8.49. The standard InChI is InChI=1S/C10H6BrFN2O4/c11-5-3-6(12)9(13-4-5)10(17)18-14-7(15)1-2-8(14)16/h3-4H,1-2H2. The number of halogens is 2. The number of aromatic nitrogens is 1. The van der Waals surface area contributed by atoms with E-state index >= 15 is 0 Å². The maximum absolute atomic E-state index is 13.4. The molecule has 94 valence electrons. The van der Waals surface area contributed by atoms with Gasteiger partial charge in [0, 0.05) is 23.5 Å². The molecule has 2 amide bonds. The van der Waals surface area contributed by atoms with E-state index in [9.17, 15) is 18.8 Å². The number of hydrogen-bond donors (Lipinski definition) is 0. The Balaban J connectivity index is 2.17. The number of imide groups is 1. The van der Waals surface area contributed by atoms with Crippen LogP contribution in [0.4, 0.5) is 4.39 Å². The minimum atomic E-state index is -1.19. The van der Waals surface area contributed by atoms with Gasteiger partial charge in [-0.25, -0.2) is 14.2 Å². The number of rotatable bonds is 2. The zero-order valence-corrected chi connectivity index (χ0v) is 10.4. The van der Waals surface area contributed by atoms with E-state index < -0.39 is 29.3 Å². The summed E-state index contributed by atoms with van der Waals surface area (Å²) in [5, 5.41) is 0.339. The SMILES string of the molecule is O=C(ON1C(=O)CCC1=O)c1ncc(Br)cc1F. The molecule has 8 heteroatoms. The average molecular weight is 317 g/mol. The van der Waals surface area contributed by atoms with Crippen molar-refractivity contribution in [1.29, 1.82) is 0 Å². The Morgan fingerprint density at radius 1 is 1.39 bits per heavy atom. The van der Waals surface area contributed by atoms with Crippen molar-refractivity contribution in [1.82, 2.24) is 10.0 Å². The molecule has 1 aromatic rings. The van der Waals surface area contributed by atoms with Crippen molar-refractivity contribution in [3.8, 4) is 0 Å². The molecule has 0 radical (unpaired) electrons. The summed E-state index contributed by atoms with van der Waals surface area (Å²) in [4.78, 5) is 42.0. The highest BCUT2D eigenvalue weighted by molar-refractivity contribution is 9.10. The van der Waals surface area contributed by atoms with Crippen LogP contribution in [-0.4, -0.2) is 27.8 Å². The van der Waals surface area contributed by atoms with Crippen LogP contribution in [0.2, 0.25) is 0 Å². The molecule has 0 aromatic carbocycles. The Bertz CT molecular complexity index is 533. The van der Waals surface area contributed by atoms with Gasteiger partial charge in [0.05, 0.1) is 0 Å². The number of carbonyl (C=O) groups is 3. The normalized spacial score (nSPS) is 15.1. The highest BCUT2D eigenvalue weighted by Crippen LogP contribution is 2.16. The first kappa shape index (κ1) is 12.6. The van der Waals surface area contributed by atoms with E-state index in [2.05, 4.69) is 25.8 Å². The van der Waals surface area contributed by atoms with E-state index in [4.69, 9.17) is 0 Å². The molecule has 1 aliphatic rings. The highest BCUT2D eigenvalue weighted by Gasteiger charge is 2.34. The Hall–Kier alpha value is -1.83. The number of hydroxylamine groups is 2. The highest BCUT2D eigenvalue weighted by atomic mass is 79.9. The second-order valence-electron chi connectivity index (χ2n) is 3.44. The van der Waals surface area contributed by atoms with Crippen LogP contribution in [0.15, 0.2) is 16.7 Å². The molecule has 18 heavy (non-hydrogen) atoms. The Labute approximate surface area is 109 Å². The first-order valence-corrected chi connectivity index (χ1v) is 5.67. The van der Waals surface area contributed by atoms with E-state index in [1.54, 1.807) is 0 Å². The molecule has 1 saturated heterocycles. The van der Waals surface area contributed by atoms with Gasteiger partial charge in [-0.15, -0.1) is 5.06 Å². The summed E-state index contributed by atoms with van der Waals surface area (Å²) in [6, 6.07) is 1.03. The lowest BCUT2D eigenvalue weighted by Crippen LogP contribution is -2.32. The predicted octanol–water partition coefficient (Wildman–Crippen LogP) is 1.20. The van der Waals surface area contributed by atoms with E-state index in [0.717, 1.165) is 6.07 Å². The van der Waals surface area contributed by atoms with Crippen molar-refractivity contribution < 1.29 is 23.6 Å². The molecule has 6 nitrogen and oxygen atoms in total. The summed E-state index contributed by atoms with van der Waals surface area (Å²) < 4.78 is 13.7. The Morgan fingerprint density at radius 2 is 2.00 bits per heavy atom. The lowest BCUT2D eigenvalue weighted by Gasteiger charge is -2.12. The van der Waals surface area contributed by atoms with Crippen LogP contribution in [-0.2, 0) is 14.4 Å². The fourth-order valence-electron chi connectivity index (χ4n) is 1.35. The number of nitrogens with zero attached hydrogens (tertiary/aromatic N) is 2. The fourth-order valence-corrected chi connectivity index (χ4v) is 1.65. The average Bonchev–Trinajstić information content (AvgIpc) is 2.60. The van der Waals surface area contributed by atoms with Crippen molar-refractivity contribution in [3.05, 3.63) is 28.2 Å².